The van der Waals surface area contributed by atoms with Crippen LogP contribution in [-0.2, 0) is 9.47 Å². The molecule has 3 rings (SSSR count). The minimum atomic E-state index is 0.161. The third-order valence-corrected chi connectivity index (χ3v) is 6.19. The van der Waals surface area contributed by atoms with E-state index in [0.29, 0.717) is 12.0 Å². The van der Waals surface area contributed by atoms with Crippen molar-refractivity contribution in [3.8, 4) is 0 Å². The molecule has 0 spiro atoms. The summed E-state index contributed by atoms with van der Waals surface area (Å²) >= 11 is 0. The maximum Gasteiger partial charge on any atom is 0.191 e. The number of nitrogens with one attached hydrogen (secondary N) is 2. The van der Waals surface area contributed by atoms with E-state index in [-0.39, 0.29) is 6.10 Å². The fourth-order valence-electron chi connectivity index (χ4n) is 4.47. The van der Waals surface area contributed by atoms with Crippen molar-refractivity contribution in [2.24, 2.45) is 10.9 Å². The highest BCUT2D eigenvalue weighted by atomic mass is 16.5. The molecule has 0 saturated carbocycles. The Kier molecular flexibility index (Phi) is 8.77. The molecule has 1 aromatic rings. The van der Waals surface area contributed by atoms with Crippen molar-refractivity contribution >= 4 is 5.96 Å². The summed E-state index contributed by atoms with van der Waals surface area (Å²) in [7, 11) is 3.62. The first-order chi connectivity index (χ1) is 14.2. The highest BCUT2D eigenvalue weighted by Gasteiger charge is 2.28. The summed E-state index contributed by atoms with van der Waals surface area (Å²) in [5.74, 6) is 1.34. The molecule has 3 unspecified atom stereocenters. The van der Waals surface area contributed by atoms with Gasteiger partial charge in [0.2, 0.25) is 0 Å². The van der Waals surface area contributed by atoms with Crippen LogP contribution in [0.5, 0.6) is 0 Å². The van der Waals surface area contributed by atoms with Gasteiger partial charge in [0.15, 0.2) is 5.96 Å². The molecule has 2 saturated heterocycles. The molecule has 0 radical (unpaired) electrons. The van der Waals surface area contributed by atoms with Crippen molar-refractivity contribution in [2.45, 2.75) is 44.8 Å². The van der Waals surface area contributed by atoms with Crippen LogP contribution in [0.25, 0.3) is 0 Å². The Bertz CT molecular complexity index is 634. The summed E-state index contributed by atoms with van der Waals surface area (Å²) in [6, 6.07) is 9.33. The van der Waals surface area contributed by atoms with Gasteiger partial charge in [0.25, 0.3) is 0 Å². The maximum absolute atomic E-state index is 6.16. The van der Waals surface area contributed by atoms with Crippen LogP contribution in [0.1, 0.15) is 42.9 Å². The van der Waals surface area contributed by atoms with E-state index < -0.39 is 0 Å². The number of benzene rings is 1. The van der Waals surface area contributed by atoms with Crippen molar-refractivity contribution < 1.29 is 9.47 Å². The molecule has 2 N–H and O–H groups in total. The second-order valence-electron chi connectivity index (χ2n) is 8.26. The number of hydrogen-bond donors (Lipinski definition) is 2. The first-order valence-electron chi connectivity index (χ1n) is 11.1. The van der Waals surface area contributed by atoms with Crippen LogP contribution in [0.3, 0.4) is 0 Å². The number of aliphatic imine (C=N–C) groups is 1. The first kappa shape index (κ1) is 22.1. The minimum absolute atomic E-state index is 0.161. The van der Waals surface area contributed by atoms with Crippen molar-refractivity contribution in [3.05, 3.63) is 35.4 Å². The number of nitrogens with zero attached hydrogens (tertiary/aromatic N) is 2. The zero-order valence-corrected chi connectivity index (χ0v) is 18.3. The topological polar surface area (TPSA) is 58.1 Å². The Balaban J connectivity index is 1.49. The monoisotopic (exact) mass is 402 g/mol. The average Bonchev–Trinajstić information content (AvgIpc) is 3.20. The number of guanidine groups is 1. The van der Waals surface area contributed by atoms with Gasteiger partial charge in [0.1, 0.15) is 0 Å². The lowest BCUT2D eigenvalue weighted by Gasteiger charge is -2.33. The quantitative estimate of drug-likeness (QED) is 0.517. The third-order valence-electron chi connectivity index (χ3n) is 6.19. The highest BCUT2D eigenvalue weighted by Crippen LogP contribution is 2.33. The van der Waals surface area contributed by atoms with E-state index in [1.165, 1.54) is 36.9 Å². The van der Waals surface area contributed by atoms with Gasteiger partial charge >= 0.3 is 0 Å². The largest absolute Gasteiger partial charge is 0.383 e. The van der Waals surface area contributed by atoms with Crippen molar-refractivity contribution in [2.75, 3.05) is 53.6 Å². The average molecular weight is 403 g/mol. The number of rotatable bonds is 8. The van der Waals surface area contributed by atoms with E-state index in [0.717, 1.165) is 45.2 Å². The van der Waals surface area contributed by atoms with Gasteiger partial charge in [-0.05, 0) is 44.7 Å². The van der Waals surface area contributed by atoms with E-state index >= 15 is 0 Å². The molecule has 0 aromatic heterocycles. The van der Waals surface area contributed by atoms with E-state index in [2.05, 4.69) is 51.7 Å². The number of methoxy groups -OCH3 is 1. The Morgan fingerprint density at radius 3 is 2.72 bits per heavy atom. The van der Waals surface area contributed by atoms with Gasteiger partial charge < -0.3 is 20.1 Å². The summed E-state index contributed by atoms with van der Waals surface area (Å²) in [6.07, 6.45) is 4.96. The SMILES string of the molecule is CN=C(NCC1CCCOC1c1ccc(C)cc1)NCC1CCCN1CCOC. The van der Waals surface area contributed by atoms with Crippen molar-refractivity contribution in [1.29, 1.82) is 0 Å². The fourth-order valence-corrected chi connectivity index (χ4v) is 4.47. The van der Waals surface area contributed by atoms with Gasteiger partial charge in [-0.1, -0.05) is 29.8 Å². The molecule has 29 heavy (non-hydrogen) atoms. The molecule has 3 atom stereocenters. The van der Waals surface area contributed by atoms with E-state index in [9.17, 15) is 0 Å². The van der Waals surface area contributed by atoms with Crippen LogP contribution in [-0.4, -0.2) is 70.5 Å². The predicted molar refractivity (Wildman–Crippen MR) is 118 cm³/mol. The number of likely N-dealkylation sites (tertiary alicyclic amines) is 1. The lowest BCUT2D eigenvalue weighted by molar-refractivity contribution is -0.0265. The molecule has 6 nitrogen and oxygen atoms in total. The van der Waals surface area contributed by atoms with Crippen LogP contribution in [0, 0.1) is 12.8 Å². The van der Waals surface area contributed by atoms with E-state index in [4.69, 9.17) is 9.47 Å². The van der Waals surface area contributed by atoms with Gasteiger partial charge in [0.05, 0.1) is 12.7 Å². The van der Waals surface area contributed by atoms with Gasteiger partial charge in [-0.15, -0.1) is 0 Å². The Labute approximate surface area is 176 Å². The molecule has 0 bridgehead atoms. The Hall–Kier alpha value is -1.63. The van der Waals surface area contributed by atoms with Gasteiger partial charge in [-0.2, -0.15) is 0 Å². The summed E-state index contributed by atoms with van der Waals surface area (Å²) in [6.45, 7) is 7.74. The van der Waals surface area contributed by atoms with Crippen LogP contribution >= 0.6 is 0 Å². The standard InChI is InChI=1S/C23H38N4O2/c1-18-8-10-19(11-9-18)22-20(6-5-14-29-22)16-25-23(24-2)26-17-21-7-4-12-27(21)13-15-28-3/h8-11,20-22H,4-7,12-17H2,1-3H3,(H2,24,25,26). The zero-order valence-electron chi connectivity index (χ0n) is 18.3. The number of hydrogen-bond acceptors (Lipinski definition) is 4. The van der Waals surface area contributed by atoms with E-state index in [1.807, 2.05) is 7.05 Å². The van der Waals surface area contributed by atoms with Crippen molar-refractivity contribution in [3.63, 3.8) is 0 Å². The second-order valence-corrected chi connectivity index (χ2v) is 8.26. The third kappa shape index (κ3) is 6.43. The number of ether oxygens (including phenoxy) is 2. The zero-order chi connectivity index (χ0) is 20.5. The van der Waals surface area contributed by atoms with Gasteiger partial charge in [-0.3, -0.25) is 9.89 Å². The van der Waals surface area contributed by atoms with E-state index in [1.54, 1.807) is 7.11 Å². The molecule has 0 amide bonds. The lowest BCUT2D eigenvalue weighted by atomic mass is 9.89. The molecule has 2 fully saturated rings. The highest BCUT2D eigenvalue weighted by molar-refractivity contribution is 5.79. The summed E-state index contributed by atoms with van der Waals surface area (Å²) < 4.78 is 11.4. The van der Waals surface area contributed by atoms with Crippen molar-refractivity contribution in [1.82, 2.24) is 15.5 Å². The predicted octanol–water partition coefficient (Wildman–Crippen LogP) is 2.74. The summed E-state index contributed by atoms with van der Waals surface area (Å²) in [5, 5.41) is 7.08. The van der Waals surface area contributed by atoms with Crippen LogP contribution in [0.2, 0.25) is 0 Å². The van der Waals surface area contributed by atoms with Gasteiger partial charge in [-0.25, -0.2) is 0 Å². The molecule has 6 heteroatoms. The summed E-state index contributed by atoms with van der Waals surface area (Å²) in [4.78, 5) is 6.96. The minimum Gasteiger partial charge on any atom is -0.383 e. The Morgan fingerprint density at radius 2 is 1.97 bits per heavy atom. The number of aryl methyl sites for hydroxylation is 1. The molecule has 0 aliphatic carbocycles. The smallest absolute Gasteiger partial charge is 0.191 e. The van der Waals surface area contributed by atoms with Crippen LogP contribution in [0.4, 0.5) is 0 Å². The van der Waals surface area contributed by atoms with Crippen LogP contribution in [0.15, 0.2) is 29.3 Å². The maximum atomic E-state index is 6.16. The molecular weight excluding hydrogens is 364 g/mol. The lowest BCUT2D eigenvalue weighted by Crippen LogP contribution is -2.47. The second kappa shape index (κ2) is 11.5. The fraction of sp³-hybridized carbons (Fsp3) is 0.696. The molecule has 162 valence electrons. The molecule has 1 aromatic carbocycles. The first-order valence-corrected chi connectivity index (χ1v) is 11.1. The molecule has 2 aliphatic rings. The molecule has 2 heterocycles. The Morgan fingerprint density at radius 1 is 1.17 bits per heavy atom. The summed E-state index contributed by atoms with van der Waals surface area (Å²) in [5.41, 5.74) is 2.57. The molecule has 2 aliphatic heterocycles. The van der Waals surface area contributed by atoms with Gasteiger partial charge in [0, 0.05) is 52.4 Å². The normalized spacial score (nSPS) is 25.9. The molecular formula is C23H38N4O2. The van der Waals surface area contributed by atoms with Crippen LogP contribution < -0.4 is 10.6 Å².